The maximum absolute atomic E-state index is 12.6. The highest BCUT2D eigenvalue weighted by molar-refractivity contribution is 7.92. The van der Waals surface area contributed by atoms with Gasteiger partial charge in [0.2, 0.25) is 0 Å². The van der Waals surface area contributed by atoms with Crippen LogP contribution < -0.4 is 10.0 Å². The normalized spacial score (nSPS) is 12.4. The lowest BCUT2D eigenvalue weighted by molar-refractivity contribution is 0.0946. The lowest BCUT2D eigenvalue weighted by atomic mass is 9.99. The van der Waals surface area contributed by atoms with Crippen molar-refractivity contribution < 1.29 is 13.2 Å². The number of anilines is 1. The van der Waals surface area contributed by atoms with E-state index >= 15 is 0 Å². The van der Waals surface area contributed by atoms with Gasteiger partial charge in [0.15, 0.2) is 0 Å². The van der Waals surface area contributed by atoms with Crippen LogP contribution in [0.4, 0.5) is 5.69 Å². The summed E-state index contributed by atoms with van der Waals surface area (Å²) in [6.07, 6.45) is 4.43. The molecule has 0 aliphatic rings. The summed E-state index contributed by atoms with van der Waals surface area (Å²) < 4.78 is 27.7. The first-order valence-electron chi connectivity index (χ1n) is 9.84. The Morgan fingerprint density at radius 3 is 2.43 bits per heavy atom. The van der Waals surface area contributed by atoms with Gasteiger partial charge in [0.25, 0.3) is 15.9 Å². The third kappa shape index (κ3) is 6.09. The number of rotatable bonds is 10. The molecular formula is C22H30N2O3S. The molecule has 6 heteroatoms. The number of hydrogen-bond donors (Lipinski definition) is 2. The summed E-state index contributed by atoms with van der Waals surface area (Å²) >= 11 is 0. The molecule has 2 aromatic carbocycles. The quantitative estimate of drug-likeness (QED) is 0.603. The van der Waals surface area contributed by atoms with Crippen molar-refractivity contribution in [3.63, 3.8) is 0 Å². The van der Waals surface area contributed by atoms with Gasteiger partial charge >= 0.3 is 0 Å². The van der Waals surface area contributed by atoms with E-state index in [0.29, 0.717) is 23.7 Å². The van der Waals surface area contributed by atoms with E-state index in [1.165, 1.54) is 12.1 Å². The first-order chi connectivity index (χ1) is 13.4. The molecule has 1 amide bonds. The molecule has 0 saturated heterocycles. The van der Waals surface area contributed by atoms with Gasteiger partial charge in [-0.25, -0.2) is 8.42 Å². The van der Waals surface area contributed by atoms with Crippen LogP contribution in [0.2, 0.25) is 0 Å². The van der Waals surface area contributed by atoms with Crippen LogP contribution in [0.5, 0.6) is 0 Å². The van der Waals surface area contributed by atoms with Crippen LogP contribution in [-0.2, 0) is 10.0 Å². The van der Waals surface area contributed by atoms with Crippen LogP contribution in [0.3, 0.4) is 0 Å². The first kappa shape index (κ1) is 22.0. The second-order valence-electron chi connectivity index (χ2n) is 7.07. The molecule has 0 spiro atoms. The Labute approximate surface area is 168 Å². The number of nitrogens with one attached hydrogen (secondary N) is 2. The standard InChI is InChI=1S/C22H30N2O3S/c1-4-6-10-18(5-2)16-23-22(25)19-14-13-17(3)21(15-19)24-28(26,27)20-11-8-7-9-12-20/h7-9,11-15,18,24H,4-6,10,16H2,1-3H3,(H,23,25)/t18-/m0/s1. The summed E-state index contributed by atoms with van der Waals surface area (Å²) in [5, 5.41) is 2.98. The summed E-state index contributed by atoms with van der Waals surface area (Å²) in [4.78, 5) is 12.7. The largest absolute Gasteiger partial charge is 0.352 e. The van der Waals surface area contributed by atoms with Crippen molar-refractivity contribution in [1.82, 2.24) is 5.32 Å². The molecule has 0 unspecified atom stereocenters. The van der Waals surface area contributed by atoms with Gasteiger partial charge in [0.1, 0.15) is 0 Å². The summed E-state index contributed by atoms with van der Waals surface area (Å²) in [6, 6.07) is 13.3. The van der Waals surface area contributed by atoms with Gasteiger partial charge in [-0.05, 0) is 49.1 Å². The molecule has 2 rings (SSSR count). The molecule has 0 fully saturated rings. The zero-order valence-corrected chi connectivity index (χ0v) is 17.7. The van der Waals surface area contributed by atoms with Gasteiger partial charge in [-0.1, -0.05) is 57.4 Å². The molecule has 0 aromatic heterocycles. The number of amides is 1. The van der Waals surface area contributed by atoms with Gasteiger partial charge in [0.05, 0.1) is 10.6 Å². The molecule has 1 atom stereocenters. The summed E-state index contributed by atoms with van der Waals surface area (Å²) in [7, 11) is -3.70. The highest BCUT2D eigenvalue weighted by atomic mass is 32.2. The summed E-state index contributed by atoms with van der Waals surface area (Å²) in [5.74, 6) is 0.278. The van der Waals surface area contributed by atoms with Gasteiger partial charge in [-0.15, -0.1) is 0 Å². The van der Waals surface area contributed by atoms with Gasteiger partial charge < -0.3 is 5.32 Å². The Kier molecular flexibility index (Phi) is 8.05. The zero-order valence-electron chi connectivity index (χ0n) is 16.9. The van der Waals surface area contributed by atoms with Crippen LogP contribution in [0.15, 0.2) is 53.4 Å². The van der Waals surface area contributed by atoms with E-state index in [4.69, 9.17) is 0 Å². The maximum Gasteiger partial charge on any atom is 0.261 e. The highest BCUT2D eigenvalue weighted by Gasteiger charge is 2.17. The van der Waals surface area contributed by atoms with Crippen molar-refractivity contribution >= 4 is 21.6 Å². The monoisotopic (exact) mass is 402 g/mol. The predicted octanol–water partition coefficient (Wildman–Crippen LogP) is 4.74. The number of sulfonamides is 1. The van der Waals surface area contributed by atoms with Gasteiger partial charge in [-0.2, -0.15) is 0 Å². The van der Waals surface area contributed by atoms with Crippen molar-refractivity contribution in [3.05, 3.63) is 59.7 Å². The molecule has 0 aliphatic carbocycles. The molecule has 2 aromatic rings. The van der Waals surface area contributed by atoms with Crippen molar-refractivity contribution in [2.75, 3.05) is 11.3 Å². The Morgan fingerprint density at radius 1 is 1.07 bits per heavy atom. The molecular weight excluding hydrogens is 372 g/mol. The molecule has 0 aliphatic heterocycles. The average Bonchev–Trinajstić information content (AvgIpc) is 2.70. The fourth-order valence-corrected chi connectivity index (χ4v) is 4.10. The van der Waals surface area contributed by atoms with Gasteiger partial charge in [-0.3, -0.25) is 9.52 Å². The number of hydrogen-bond acceptors (Lipinski definition) is 3. The minimum Gasteiger partial charge on any atom is -0.352 e. The zero-order chi connectivity index (χ0) is 20.6. The van der Waals surface area contributed by atoms with Gasteiger partial charge in [0, 0.05) is 12.1 Å². The number of benzene rings is 2. The Bertz CT molecular complexity index is 880. The number of aryl methyl sites for hydroxylation is 1. The van der Waals surface area contributed by atoms with Crippen LogP contribution >= 0.6 is 0 Å². The van der Waals surface area contributed by atoms with Crippen LogP contribution in [0.25, 0.3) is 0 Å². The predicted molar refractivity (Wildman–Crippen MR) is 114 cm³/mol. The van der Waals surface area contributed by atoms with Crippen LogP contribution in [-0.4, -0.2) is 20.9 Å². The number of unbranched alkanes of at least 4 members (excludes halogenated alkanes) is 1. The van der Waals surface area contributed by atoms with Crippen molar-refractivity contribution in [1.29, 1.82) is 0 Å². The summed E-state index contributed by atoms with van der Waals surface area (Å²) in [6.45, 7) is 6.74. The van der Waals surface area contributed by atoms with Crippen molar-refractivity contribution in [2.24, 2.45) is 5.92 Å². The average molecular weight is 403 g/mol. The van der Waals surface area contributed by atoms with Crippen LogP contribution in [0.1, 0.15) is 55.5 Å². The SMILES string of the molecule is CCCC[C@H](CC)CNC(=O)c1ccc(C)c(NS(=O)(=O)c2ccccc2)c1. The summed E-state index contributed by atoms with van der Waals surface area (Å²) in [5.41, 5.74) is 1.61. The minimum absolute atomic E-state index is 0.185. The first-order valence-corrected chi connectivity index (χ1v) is 11.3. The highest BCUT2D eigenvalue weighted by Crippen LogP contribution is 2.21. The molecule has 5 nitrogen and oxygen atoms in total. The fourth-order valence-electron chi connectivity index (χ4n) is 2.96. The Hall–Kier alpha value is -2.34. The number of carbonyl (C=O) groups is 1. The van der Waals surface area contributed by atoms with E-state index in [1.807, 2.05) is 6.92 Å². The lowest BCUT2D eigenvalue weighted by Crippen LogP contribution is -2.29. The fraction of sp³-hybridized carbons (Fsp3) is 0.409. The second-order valence-corrected chi connectivity index (χ2v) is 8.76. The Morgan fingerprint density at radius 2 is 1.79 bits per heavy atom. The minimum atomic E-state index is -3.70. The molecule has 28 heavy (non-hydrogen) atoms. The van der Waals surface area contributed by atoms with Crippen molar-refractivity contribution in [2.45, 2.75) is 51.3 Å². The van der Waals surface area contributed by atoms with E-state index in [0.717, 1.165) is 31.2 Å². The Balaban J connectivity index is 2.11. The maximum atomic E-state index is 12.6. The molecule has 152 valence electrons. The smallest absolute Gasteiger partial charge is 0.261 e. The topological polar surface area (TPSA) is 75.3 Å². The van der Waals surface area contributed by atoms with Crippen molar-refractivity contribution in [3.8, 4) is 0 Å². The second kappa shape index (κ2) is 10.3. The van der Waals surface area contributed by atoms with E-state index < -0.39 is 10.0 Å². The third-order valence-electron chi connectivity index (χ3n) is 4.89. The van der Waals surface area contributed by atoms with E-state index in [-0.39, 0.29) is 10.8 Å². The molecule has 0 saturated carbocycles. The van der Waals surface area contributed by atoms with E-state index in [1.54, 1.807) is 36.4 Å². The molecule has 0 radical (unpaired) electrons. The third-order valence-corrected chi connectivity index (χ3v) is 6.27. The molecule has 0 heterocycles. The number of carbonyl (C=O) groups excluding carboxylic acids is 1. The van der Waals surface area contributed by atoms with E-state index in [9.17, 15) is 13.2 Å². The molecule has 2 N–H and O–H groups in total. The van der Waals surface area contributed by atoms with Crippen LogP contribution in [0, 0.1) is 12.8 Å². The molecule has 0 bridgehead atoms. The van der Waals surface area contributed by atoms with E-state index in [2.05, 4.69) is 23.9 Å². The lowest BCUT2D eigenvalue weighted by Gasteiger charge is -2.16.